The van der Waals surface area contributed by atoms with E-state index in [1.165, 1.54) is 5.56 Å². The number of nitrogens with zero attached hydrogens (tertiary/aromatic N) is 3. The zero-order valence-electron chi connectivity index (χ0n) is 17.4. The van der Waals surface area contributed by atoms with Crippen molar-refractivity contribution in [1.29, 1.82) is 0 Å². The Bertz CT molecular complexity index is 620. The van der Waals surface area contributed by atoms with Gasteiger partial charge in [-0.3, -0.25) is 9.69 Å². The van der Waals surface area contributed by atoms with Gasteiger partial charge in [-0.1, -0.05) is 38.1 Å². The van der Waals surface area contributed by atoms with Gasteiger partial charge in [0, 0.05) is 40.3 Å². The molecule has 2 rings (SSSR count). The van der Waals surface area contributed by atoms with Crippen LogP contribution >= 0.6 is 0 Å². The fraction of sp³-hybridized carbons (Fsp3) is 0.619. The molecule has 27 heavy (non-hydrogen) atoms. The summed E-state index contributed by atoms with van der Waals surface area (Å²) in [4.78, 5) is 29.9. The Labute approximate surface area is 163 Å². The van der Waals surface area contributed by atoms with Crippen LogP contribution in [0.25, 0.3) is 0 Å². The molecular weight excluding hydrogens is 340 g/mol. The fourth-order valence-electron chi connectivity index (χ4n) is 3.37. The number of carbonyl (C=O) groups excluding carboxylic acids is 2. The highest BCUT2D eigenvalue weighted by Gasteiger charge is 2.23. The van der Waals surface area contributed by atoms with E-state index in [0.29, 0.717) is 25.6 Å². The van der Waals surface area contributed by atoms with Crippen LogP contribution in [0, 0.1) is 5.92 Å². The smallest absolute Gasteiger partial charge is 0.319 e. The quantitative estimate of drug-likeness (QED) is 0.832. The van der Waals surface area contributed by atoms with Crippen LogP contribution in [-0.4, -0.2) is 73.5 Å². The van der Waals surface area contributed by atoms with Gasteiger partial charge in [-0.15, -0.1) is 0 Å². The molecule has 0 bridgehead atoms. The first kappa shape index (κ1) is 21.2. The van der Waals surface area contributed by atoms with Crippen LogP contribution in [0.2, 0.25) is 0 Å². The van der Waals surface area contributed by atoms with Crippen molar-refractivity contribution in [3.05, 3.63) is 35.4 Å². The number of nitrogens with one attached hydrogen (secondary N) is 1. The number of benzene rings is 1. The lowest BCUT2D eigenvalue weighted by molar-refractivity contribution is -0.123. The topological polar surface area (TPSA) is 55.9 Å². The molecular formula is C21H34N4O2. The second-order valence-electron chi connectivity index (χ2n) is 8.07. The lowest BCUT2D eigenvalue weighted by Crippen LogP contribution is -2.53. The van der Waals surface area contributed by atoms with Gasteiger partial charge in [0.1, 0.15) is 0 Å². The maximum absolute atomic E-state index is 12.4. The van der Waals surface area contributed by atoms with Crippen molar-refractivity contribution in [2.24, 2.45) is 5.92 Å². The minimum Gasteiger partial charge on any atom is -0.348 e. The SMILES string of the molecule is CC(C)Cc1ccc(C(C)NC(=O)CN2CCN(C(=O)N(C)C)CC2)cc1. The third-order valence-corrected chi connectivity index (χ3v) is 4.89. The van der Waals surface area contributed by atoms with Gasteiger partial charge in [0.2, 0.25) is 5.91 Å². The zero-order chi connectivity index (χ0) is 20.0. The predicted molar refractivity (Wildman–Crippen MR) is 109 cm³/mol. The van der Waals surface area contributed by atoms with Crippen LogP contribution < -0.4 is 5.32 Å². The van der Waals surface area contributed by atoms with E-state index in [1.54, 1.807) is 19.0 Å². The molecule has 1 saturated heterocycles. The van der Waals surface area contributed by atoms with Crippen LogP contribution in [-0.2, 0) is 11.2 Å². The van der Waals surface area contributed by atoms with Crippen LogP contribution in [0.5, 0.6) is 0 Å². The van der Waals surface area contributed by atoms with Gasteiger partial charge < -0.3 is 15.1 Å². The normalized spacial score (nSPS) is 16.3. The molecule has 0 spiro atoms. The average Bonchev–Trinajstić information content (AvgIpc) is 2.61. The van der Waals surface area contributed by atoms with E-state index in [-0.39, 0.29) is 18.0 Å². The highest BCUT2D eigenvalue weighted by molar-refractivity contribution is 5.78. The number of rotatable bonds is 6. The first-order valence-electron chi connectivity index (χ1n) is 9.83. The van der Waals surface area contributed by atoms with Gasteiger partial charge in [0.05, 0.1) is 12.6 Å². The molecule has 1 aromatic carbocycles. The van der Waals surface area contributed by atoms with Crippen molar-refractivity contribution in [3.63, 3.8) is 0 Å². The Balaban J connectivity index is 1.78. The molecule has 0 aliphatic carbocycles. The van der Waals surface area contributed by atoms with Gasteiger partial charge in [0.25, 0.3) is 0 Å². The summed E-state index contributed by atoms with van der Waals surface area (Å²) in [5.74, 6) is 0.669. The fourth-order valence-corrected chi connectivity index (χ4v) is 3.37. The standard InChI is InChI=1S/C21H34N4O2/c1-16(2)14-18-6-8-19(9-7-18)17(3)22-20(26)15-24-10-12-25(13-11-24)21(27)23(4)5/h6-9,16-17H,10-15H2,1-5H3,(H,22,26). The van der Waals surface area contributed by atoms with Crippen molar-refractivity contribution in [3.8, 4) is 0 Å². The van der Waals surface area contributed by atoms with E-state index in [4.69, 9.17) is 0 Å². The second-order valence-corrected chi connectivity index (χ2v) is 8.07. The van der Waals surface area contributed by atoms with E-state index in [1.807, 2.05) is 11.8 Å². The van der Waals surface area contributed by atoms with Crippen molar-refractivity contribution < 1.29 is 9.59 Å². The van der Waals surface area contributed by atoms with Gasteiger partial charge >= 0.3 is 6.03 Å². The molecule has 0 saturated carbocycles. The number of carbonyl (C=O) groups is 2. The first-order valence-corrected chi connectivity index (χ1v) is 9.83. The molecule has 1 aliphatic heterocycles. The van der Waals surface area contributed by atoms with E-state index in [0.717, 1.165) is 25.1 Å². The lowest BCUT2D eigenvalue weighted by Gasteiger charge is -2.35. The van der Waals surface area contributed by atoms with Crippen molar-refractivity contribution in [1.82, 2.24) is 20.0 Å². The summed E-state index contributed by atoms with van der Waals surface area (Å²) in [6.07, 6.45) is 1.07. The Hall–Kier alpha value is -2.08. The van der Waals surface area contributed by atoms with Crippen LogP contribution in [0.3, 0.4) is 0 Å². The van der Waals surface area contributed by atoms with E-state index in [2.05, 4.69) is 48.3 Å². The van der Waals surface area contributed by atoms with Crippen LogP contribution in [0.4, 0.5) is 4.79 Å². The minimum atomic E-state index is -0.0118. The Kier molecular flexibility index (Phi) is 7.66. The molecule has 1 atom stereocenters. The molecule has 150 valence electrons. The number of hydrogen-bond donors (Lipinski definition) is 1. The third-order valence-electron chi connectivity index (χ3n) is 4.89. The molecule has 1 fully saturated rings. The summed E-state index contributed by atoms with van der Waals surface area (Å²) in [6.45, 7) is 9.60. The summed E-state index contributed by atoms with van der Waals surface area (Å²) in [6, 6.07) is 8.54. The van der Waals surface area contributed by atoms with E-state index in [9.17, 15) is 9.59 Å². The second kappa shape index (κ2) is 9.74. The highest BCUT2D eigenvalue weighted by atomic mass is 16.2. The summed E-state index contributed by atoms with van der Waals surface area (Å²) < 4.78 is 0. The van der Waals surface area contributed by atoms with Crippen molar-refractivity contribution >= 4 is 11.9 Å². The number of urea groups is 1. The summed E-state index contributed by atoms with van der Waals surface area (Å²) in [5.41, 5.74) is 2.45. The van der Waals surface area contributed by atoms with Gasteiger partial charge in [-0.25, -0.2) is 4.79 Å². The average molecular weight is 375 g/mol. The van der Waals surface area contributed by atoms with Crippen molar-refractivity contribution in [2.45, 2.75) is 33.2 Å². The van der Waals surface area contributed by atoms with Gasteiger partial charge in [0.15, 0.2) is 0 Å². The summed E-state index contributed by atoms with van der Waals surface area (Å²) in [5, 5.41) is 3.09. The van der Waals surface area contributed by atoms with Crippen LogP contribution in [0.1, 0.15) is 37.9 Å². The minimum absolute atomic E-state index is 0.0118. The molecule has 1 N–H and O–H groups in total. The number of hydrogen-bond acceptors (Lipinski definition) is 3. The van der Waals surface area contributed by atoms with Gasteiger partial charge in [-0.05, 0) is 30.4 Å². The van der Waals surface area contributed by atoms with E-state index >= 15 is 0 Å². The Morgan fingerprint density at radius 3 is 2.15 bits per heavy atom. The molecule has 1 aromatic rings. The van der Waals surface area contributed by atoms with Gasteiger partial charge in [-0.2, -0.15) is 0 Å². The number of piperazine rings is 1. The largest absolute Gasteiger partial charge is 0.348 e. The Morgan fingerprint density at radius 2 is 1.63 bits per heavy atom. The first-order chi connectivity index (χ1) is 12.8. The molecule has 1 aliphatic rings. The maximum Gasteiger partial charge on any atom is 0.319 e. The predicted octanol–water partition coefficient (Wildman–Crippen LogP) is 2.36. The molecule has 0 aromatic heterocycles. The zero-order valence-corrected chi connectivity index (χ0v) is 17.4. The number of amides is 3. The van der Waals surface area contributed by atoms with E-state index < -0.39 is 0 Å². The summed E-state index contributed by atoms with van der Waals surface area (Å²) >= 11 is 0. The molecule has 1 unspecified atom stereocenters. The molecule has 0 radical (unpaired) electrons. The highest BCUT2D eigenvalue weighted by Crippen LogP contribution is 2.15. The molecule has 6 heteroatoms. The lowest BCUT2D eigenvalue weighted by atomic mass is 10.00. The van der Waals surface area contributed by atoms with Crippen molar-refractivity contribution in [2.75, 3.05) is 46.8 Å². The molecule has 1 heterocycles. The monoisotopic (exact) mass is 374 g/mol. The maximum atomic E-state index is 12.4. The summed E-state index contributed by atoms with van der Waals surface area (Å²) in [7, 11) is 3.53. The molecule has 3 amide bonds. The van der Waals surface area contributed by atoms with Crippen LogP contribution in [0.15, 0.2) is 24.3 Å². The third kappa shape index (κ3) is 6.54. The Morgan fingerprint density at radius 1 is 1.04 bits per heavy atom. The molecule has 6 nitrogen and oxygen atoms in total.